The molecule has 1 heterocycles. The number of benzene rings is 1. The fourth-order valence-corrected chi connectivity index (χ4v) is 1.52. The molecule has 0 unspecified atom stereocenters. The molecule has 0 bridgehead atoms. The first-order valence-corrected chi connectivity index (χ1v) is 5.79. The first-order chi connectivity index (χ1) is 8.70. The van der Waals surface area contributed by atoms with Crippen LogP contribution in [-0.2, 0) is 6.54 Å². The van der Waals surface area contributed by atoms with Gasteiger partial charge in [0, 0.05) is 12.1 Å². The van der Waals surface area contributed by atoms with Gasteiger partial charge in [-0.2, -0.15) is 4.98 Å². The van der Waals surface area contributed by atoms with Crippen molar-refractivity contribution in [2.24, 2.45) is 0 Å². The maximum Gasteiger partial charge on any atom is 0.341 e. The Hall–Kier alpha value is -2.01. The van der Waals surface area contributed by atoms with Crippen LogP contribution in [0.2, 0.25) is 0 Å². The summed E-state index contributed by atoms with van der Waals surface area (Å²) >= 11 is 0. The molecule has 94 valence electrons. The second-order valence-electron chi connectivity index (χ2n) is 4.01. The zero-order valence-electron chi connectivity index (χ0n) is 10.8. The zero-order chi connectivity index (χ0) is 13.0. The Balaban J connectivity index is 2.25. The predicted octanol–water partition coefficient (Wildman–Crippen LogP) is 2.00. The predicted molar refractivity (Wildman–Crippen MR) is 68.6 cm³/mol. The Morgan fingerprint density at radius 2 is 1.89 bits per heavy atom. The lowest BCUT2D eigenvalue weighted by atomic mass is 10.2. The average molecular weight is 244 g/mol. The van der Waals surface area contributed by atoms with E-state index in [9.17, 15) is 0 Å². The van der Waals surface area contributed by atoms with Crippen LogP contribution in [-0.4, -0.2) is 22.2 Å². The highest BCUT2D eigenvalue weighted by molar-refractivity contribution is 5.35. The summed E-state index contributed by atoms with van der Waals surface area (Å²) in [6, 6.07) is 8.06. The lowest BCUT2D eigenvalue weighted by Crippen LogP contribution is -2.07. The molecule has 2 aromatic rings. The number of nitrogens with zero attached hydrogens (tertiary/aromatic N) is 3. The Bertz CT molecular complexity index is 542. The number of hydrogen-bond donors (Lipinski definition) is 1. The van der Waals surface area contributed by atoms with E-state index in [1.807, 2.05) is 45.2 Å². The van der Waals surface area contributed by atoms with Crippen LogP contribution in [0.15, 0.2) is 24.3 Å². The molecule has 0 amide bonds. The molecule has 0 aliphatic rings. The van der Waals surface area contributed by atoms with Gasteiger partial charge in [0.15, 0.2) is 0 Å². The van der Waals surface area contributed by atoms with Crippen LogP contribution in [0.25, 0.3) is 0 Å². The lowest BCUT2D eigenvalue weighted by molar-refractivity contribution is 0.424. The van der Waals surface area contributed by atoms with Gasteiger partial charge >= 0.3 is 6.01 Å². The first kappa shape index (κ1) is 12.4. The van der Waals surface area contributed by atoms with E-state index in [1.54, 1.807) is 0 Å². The summed E-state index contributed by atoms with van der Waals surface area (Å²) in [6.07, 6.45) is 0. The highest BCUT2D eigenvalue weighted by Gasteiger charge is 2.07. The average Bonchev–Trinajstić information content (AvgIpc) is 2.37. The van der Waals surface area contributed by atoms with Gasteiger partial charge in [-0.15, -0.1) is 5.10 Å². The van der Waals surface area contributed by atoms with Gasteiger partial charge in [0.1, 0.15) is 5.75 Å². The van der Waals surface area contributed by atoms with E-state index in [2.05, 4.69) is 20.5 Å². The maximum absolute atomic E-state index is 5.67. The van der Waals surface area contributed by atoms with E-state index in [0.29, 0.717) is 0 Å². The minimum atomic E-state index is 0.279. The fourth-order valence-electron chi connectivity index (χ4n) is 1.52. The van der Waals surface area contributed by atoms with Crippen LogP contribution in [0.3, 0.4) is 0 Å². The van der Waals surface area contributed by atoms with Crippen LogP contribution in [0.4, 0.5) is 0 Å². The smallest absolute Gasteiger partial charge is 0.341 e. The lowest BCUT2D eigenvalue weighted by Gasteiger charge is -2.09. The maximum atomic E-state index is 5.67. The Kier molecular flexibility index (Phi) is 3.84. The van der Waals surface area contributed by atoms with Gasteiger partial charge < -0.3 is 10.1 Å². The van der Waals surface area contributed by atoms with Crippen molar-refractivity contribution in [3.05, 3.63) is 41.2 Å². The van der Waals surface area contributed by atoms with E-state index in [-0.39, 0.29) is 6.01 Å². The Morgan fingerprint density at radius 3 is 2.61 bits per heavy atom. The van der Waals surface area contributed by atoms with Crippen molar-refractivity contribution in [1.82, 2.24) is 20.5 Å². The summed E-state index contributed by atoms with van der Waals surface area (Å²) in [4.78, 5) is 4.25. The molecule has 0 fully saturated rings. The van der Waals surface area contributed by atoms with Gasteiger partial charge in [-0.3, -0.25) is 0 Å². The van der Waals surface area contributed by atoms with Crippen LogP contribution in [0.1, 0.15) is 17.0 Å². The van der Waals surface area contributed by atoms with Crippen molar-refractivity contribution in [1.29, 1.82) is 0 Å². The number of aromatic nitrogens is 3. The molecule has 0 saturated heterocycles. The minimum Gasteiger partial charge on any atom is -0.423 e. The molecular formula is C13H16N4O. The largest absolute Gasteiger partial charge is 0.423 e. The summed E-state index contributed by atoms with van der Waals surface area (Å²) in [6.45, 7) is 4.49. The number of para-hydroxylation sites is 1. The minimum absolute atomic E-state index is 0.279. The molecule has 0 atom stereocenters. The summed E-state index contributed by atoms with van der Waals surface area (Å²) in [7, 11) is 1.89. The highest BCUT2D eigenvalue weighted by atomic mass is 16.5. The third-order valence-electron chi connectivity index (χ3n) is 2.61. The molecule has 0 saturated carbocycles. The summed E-state index contributed by atoms with van der Waals surface area (Å²) in [5, 5.41) is 11.0. The van der Waals surface area contributed by atoms with Crippen LogP contribution < -0.4 is 10.1 Å². The van der Waals surface area contributed by atoms with Crippen LogP contribution in [0.5, 0.6) is 11.8 Å². The molecule has 1 N–H and O–H groups in total. The van der Waals surface area contributed by atoms with E-state index < -0.39 is 0 Å². The summed E-state index contributed by atoms with van der Waals surface area (Å²) in [5.74, 6) is 0.747. The van der Waals surface area contributed by atoms with Gasteiger partial charge in [0.05, 0.1) is 11.4 Å². The molecule has 18 heavy (non-hydrogen) atoms. The van der Waals surface area contributed by atoms with Crippen molar-refractivity contribution in [2.75, 3.05) is 7.05 Å². The molecule has 5 nitrogen and oxygen atoms in total. The van der Waals surface area contributed by atoms with Crippen LogP contribution in [0, 0.1) is 13.8 Å². The SMILES string of the molecule is CNCc1ccccc1Oc1nnc(C)c(C)n1. The number of aryl methyl sites for hydroxylation is 2. The van der Waals surface area contributed by atoms with E-state index in [4.69, 9.17) is 4.74 Å². The molecule has 0 aliphatic heterocycles. The second kappa shape index (κ2) is 5.55. The first-order valence-electron chi connectivity index (χ1n) is 5.79. The molecule has 0 aliphatic carbocycles. The summed E-state index contributed by atoms with van der Waals surface area (Å²) < 4.78 is 5.67. The molecular weight excluding hydrogens is 228 g/mol. The van der Waals surface area contributed by atoms with Gasteiger partial charge in [-0.05, 0) is 27.0 Å². The van der Waals surface area contributed by atoms with E-state index in [1.165, 1.54) is 0 Å². The third-order valence-corrected chi connectivity index (χ3v) is 2.61. The number of ether oxygens (including phenoxy) is 1. The molecule has 1 aromatic carbocycles. The monoisotopic (exact) mass is 244 g/mol. The van der Waals surface area contributed by atoms with Gasteiger partial charge in [0.2, 0.25) is 0 Å². The quantitative estimate of drug-likeness (QED) is 0.891. The highest BCUT2D eigenvalue weighted by Crippen LogP contribution is 2.22. The number of rotatable bonds is 4. The van der Waals surface area contributed by atoms with Gasteiger partial charge in [-0.25, -0.2) is 0 Å². The second-order valence-corrected chi connectivity index (χ2v) is 4.01. The molecule has 0 radical (unpaired) electrons. The number of nitrogens with one attached hydrogen (secondary N) is 1. The third kappa shape index (κ3) is 2.81. The summed E-state index contributed by atoms with van der Waals surface area (Å²) in [5.41, 5.74) is 2.69. The van der Waals surface area contributed by atoms with Crippen molar-refractivity contribution >= 4 is 0 Å². The normalized spacial score (nSPS) is 10.4. The van der Waals surface area contributed by atoms with E-state index in [0.717, 1.165) is 29.2 Å². The molecule has 5 heteroatoms. The zero-order valence-corrected chi connectivity index (χ0v) is 10.8. The van der Waals surface area contributed by atoms with Crippen molar-refractivity contribution in [3.8, 4) is 11.8 Å². The molecule has 0 spiro atoms. The molecule has 1 aromatic heterocycles. The van der Waals surface area contributed by atoms with Crippen molar-refractivity contribution in [3.63, 3.8) is 0 Å². The van der Waals surface area contributed by atoms with E-state index >= 15 is 0 Å². The van der Waals surface area contributed by atoms with Crippen molar-refractivity contribution in [2.45, 2.75) is 20.4 Å². The Labute approximate surface area is 106 Å². The number of hydrogen-bond acceptors (Lipinski definition) is 5. The van der Waals surface area contributed by atoms with Crippen molar-refractivity contribution < 1.29 is 4.74 Å². The molecule has 2 rings (SSSR count). The topological polar surface area (TPSA) is 59.9 Å². The van der Waals surface area contributed by atoms with Crippen LogP contribution >= 0.6 is 0 Å². The van der Waals surface area contributed by atoms with Gasteiger partial charge in [0.25, 0.3) is 0 Å². The van der Waals surface area contributed by atoms with Gasteiger partial charge in [-0.1, -0.05) is 23.3 Å². The standard InChI is InChI=1S/C13H16N4O/c1-9-10(2)16-17-13(15-9)18-12-7-5-4-6-11(12)8-14-3/h4-7,14H,8H2,1-3H3. The fraction of sp³-hybridized carbons (Fsp3) is 0.308. The Morgan fingerprint density at radius 1 is 1.11 bits per heavy atom.